The lowest BCUT2D eigenvalue weighted by Crippen LogP contribution is -2.29. The van der Waals surface area contributed by atoms with Crippen molar-refractivity contribution in [2.75, 3.05) is 12.4 Å². The molecule has 5 rings (SSSR count). The number of hydrogen-bond acceptors (Lipinski definition) is 8. The van der Waals surface area contributed by atoms with Gasteiger partial charge in [0.1, 0.15) is 17.5 Å². The Hall–Kier alpha value is -4.08. The summed E-state index contributed by atoms with van der Waals surface area (Å²) in [6, 6.07) is 10.7. The van der Waals surface area contributed by atoms with Gasteiger partial charge in [-0.2, -0.15) is 9.78 Å². The summed E-state index contributed by atoms with van der Waals surface area (Å²) < 4.78 is 6.85. The number of nitrogens with one attached hydrogen (secondary N) is 2. The van der Waals surface area contributed by atoms with Crippen molar-refractivity contribution in [2.45, 2.75) is 6.04 Å². The van der Waals surface area contributed by atoms with E-state index in [9.17, 15) is 4.79 Å². The molecule has 1 aromatic carbocycles. The molecule has 4 heterocycles. The quantitative estimate of drug-likeness (QED) is 0.487. The van der Waals surface area contributed by atoms with Gasteiger partial charge in [-0.3, -0.25) is 9.78 Å². The molecule has 10 nitrogen and oxygen atoms in total. The van der Waals surface area contributed by atoms with Crippen LogP contribution < -0.4 is 15.6 Å². The van der Waals surface area contributed by atoms with E-state index in [4.69, 9.17) is 4.74 Å². The van der Waals surface area contributed by atoms with Crippen LogP contribution in [-0.4, -0.2) is 42.5 Å². The molecule has 2 N–H and O–H groups in total. The van der Waals surface area contributed by atoms with Crippen molar-refractivity contribution in [3.63, 3.8) is 0 Å². The molecular formula is C18H14N8O2. The Balaban J connectivity index is 1.79. The first-order chi connectivity index (χ1) is 13.8. The lowest BCUT2D eigenvalue weighted by molar-refractivity contribution is 0.415. The van der Waals surface area contributed by atoms with Crippen molar-refractivity contribution in [3.8, 4) is 17.0 Å². The third kappa shape index (κ3) is 2.42. The molecule has 10 heteroatoms. The zero-order chi connectivity index (χ0) is 19.1. The first-order valence-electron chi connectivity index (χ1n) is 8.48. The molecule has 0 aliphatic carbocycles. The molecule has 0 bridgehead atoms. The molecule has 4 aromatic rings. The molecule has 0 spiro atoms. The number of hydrogen-bond donors (Lipinski definition) is 2. The second-order valence-corrected chi connectivity index (χ2v) is 6.18. The molecule has 28 heavy (non-hydrogen) atoms. The number of fused-ring (bicyclic) bond motifs is 2. The number of pyridine rings is 1. The standard InChI is InChI=1S/C18H14N8O2/c1-28-12-6-4-10(5-7-12)14-13-15(17(27)22-21-14)20-18-23-24-25-26(18)16(13)11-3-2-8-19-9-11/h2-9,16H,1H3,(H,22,27)(H,20,23,25)/t16-/m0/s1. The Kier molecular flexibility index (Phi) is 3.61. The second kappa shape index (κ2) is 6.27. The van der Waals surface area contributed by atoms with E-state index >= 15 is 0 Å². The fourth-order valence-electron chi connectivity index (χ4n) is 3.35. The number of anilines is 2. The molecule has 0 amide bonds. The zero-order valence-electron chi connectivity index (χ0n) is 14.7. The van der Waals surface area contributed by atoms with E-state index < -0.39 is 6.04 Å². The molecule has 1 aliphatic heterocycles. The Bertz CT molecular complexity index is 1200. The van der Waals surface area contributed by atoms with Gasteiger partial charge in [-0.1, -0.05) is 11.2 Å². The van der Waals surface area contributed by atoms with Crippen LogP contribution in [0.2, 0.25) is 0 Å². The minimum atomic E-state index is -0.457. The fraction of sp³-hybridized carbons (Fsp3) is 0.111. The highest BCUT2D eigenvalue weighted by Gasteiger charge is 2.34. The first-order valence-corrected chi connectivity index (χ1v) is 8.48. The summed E-state index contributed by atoms with van der Waals surface area (Å²) in [5, 5.41) is 21.7. The van der Waals surface area contributed by atoms with Crippen LogP contribution in [0.25, 0.3) is 11.3 Å². The lowest BCUT2D eigenvalue weighted by Gasteiger charge is -2.27. The molecule has 0 unspecified atom stereocenters. The van der Waals surface area contributed by atoms with Crippen molar-refractivity contribution >= 4 is 11.6 Å². The van der Waals surface area contributed by atoms with Crippen molar-refractivity contribution < 1.29 is 4.74 Å². The molecule has 3 aromatic heterocycles. The zero-order valence-corrected chi connectivity index (χ0v) is 14.7. The van der Waals surface area contributed by atoms with Crippen LogP contribution in [0, 0.1) is 0 Å². The van der Waals surface area contributed by atoms with Crippen LogP contribution in [0.5, 0.6) is 5.75 Å². The topological polar surface area (TPSA) is 124 Å². The highest BCUT2D eigenvalue weighted by Crippen LogP contribution is 2.40. The Morgan fingerprint density at radius 2 is 2.04 bits per heavy atom. The van der Waals surface area contributed by atoms with Crippen LogP contribution in [0.4, 0.5) is 11.6 Å². The van der Waals surface area contributed by atoms with Gasteiger partial charge in [0.15, 0.2) is 0 Å². The largest absolute Gasteiger partial charge is 0.497 e. The predicted octanol–water partition coefficient (Wildman–Crippen LogP) is 1.52. The Morgan fingerprint density at radius 3 is 2.79 bits per heavy atom. The van der Waals surface area contributed by atoms with Gasteiger partial charge < -0.3 is 10.1 Å². The maximum absolute atomic E-state index is 12.6. The highest BCUT2D eigenvalue weighted by atomic mass is 16.5. The van der Waals surface area contributed by atoms with E-state index in [1.165, 1.54) is 0 Å². The third-order valence-corrected chi connectivity index (χ3v) is 4.63. The highest BCUT2D eigenvalue weighted by molar-refractivity contribution is 5.75. The van der Waals surface area contributed by atoms with Crippen LogP contribution in [0.1, 0.15) is 17.2 Å². The minimum Gasteiger partial charge on any atom is -0.497 e. The summed E-state index contributed by atoms with van der Waals surface area (Å²) in [7, 11) is 1.61. The van der Waals surface area contributed by atoms with Crippen LogP contribution >= 0.6 is 0 Å². The average molecular weight is 374 g/mol. The van der Waals surface area contributed by atoms with Crippen molar-refractivity contribution in [2.24, 2.45) is 0 Å². The van der Waals surface area contributed by atoms with Crippen LogP contribution in [0.15, 0.2) is 53.6 Å². The lowest BCUT2D eigenvalue weighted by atomic mass is 9.93. The van der Waals surface area contributed by atoms with Crippen LogP contribution in [-0.2, 0) is 0 Å². The number of H-pyrrole nitrogens is 1. The van der Waals surface area contributed by atoms with Crippen LogP contribution in [0.3, 0.4) is 0 Å². The number of ether oxygens (including phenoxy) is 1. The fourth-order valence-corrected chi connectivity index (χ4v) is 3.35. The predicted molar refractivity (Wildman–Crippen MR) is 99.4 cm³/mol. The Morgan fingerprint density at radius 1 is 1.18 bits per heavy atom. The molecular weight excluding hydrogens is 360 g/mol. The number of methoxy groups -OCH3 is 1. The molecule has 1 aliphatic rings. The number of aromatic nitrogens is 7. The van der Waals surface area contributed by atoms with Crippen molar-refractivity contribution in [1.82, 2.24) is 35.4 Å². The molecule has 0 saturated heterocycles. The number of rotatable bonds is 3. The van der Waals surface area contributed by atoms with Gasteiger partial charge in [-0.05, 0) is 46.3 Å². The number of tetrazole rings is 1. The van der Waals surface area contributed by atoms with Crippen molar-refractivity contribution in [1.29, 1.82) is 0 Å². The summed E-state index contributed by atoms with van der Waals surface area (Å²) in [4.78, 5) is 16.8. The van der Waals surface area contributed by atoms with E-state index in [2.05, 4.69) is 36.0 Å². The minimum absolute atomic E-state index is 0.351. The Labute approximate surface area is 158 Å². The summed E-state index contributed by atoms with van der Waals surface area (Å²) in [5.41, 5.74) is 2.94. The van der Waals surface area contributed by atoms with Crippen molar-refractivity contribution in [3.05, 3.63) is 70.3 Å². The summed E-state index contributed by atoms with van der Waals surface area (Å²) in [5.74, 6) is 1.10. The first kappa shape index (κ1) is 16.1. The molecule has 0 fully saturated rings. The summed E-state index contributed by atoms with van der Waals surface area (Å²) in [6.07, 6.45) is 3.41. The monoisotopic (exact) mass is 374 g/mol. The van der Waals surface area contributed by atoms with Gasteiger partial charge in [-0.25, -0.2) is 5.10 Å². The summed E-state index contributed by atoms with van der Waals surface area (Å²) in [6.45, 7) is 0. The molecule has 0 saturated carbocycles. The van der Waals surface area contributed by atoms with E-state index in [-0.39, 0.29) is 5.56 Å². The SMILES string of the molecule is COc1ccc(-c2n[nH]c(=O)c3c2[C@H](c2cccnc2)n2nnnc2N3)cc1. The van der Waals surface area contributed by atoms with Gasteiger partial charge in [0.25, 0.3) is 5.56 Å². The van der Waals surface area contributed by atoms with Gasteiger partial charge in [0.05, 0.1) is 12.8 Å². The molecule has 1 atom stereocenters. The number of nitrogens with zero attached hydrogens (tertiary/aromatic N) is 6. The normalized spacial score (nSPS) is 14.7. The van der Waals surface area contributed by atoms with E-state index in [0.29, 0.717) is 22.9 Å². The van der Waals surface area contributed by atoms with E-state index in [1.807, 2.05) is 36.4 Å². The van der Waals surface area contributed by atoms with Gasteiger partial charge in [0.2, 0.25) is 5.95 Å². The maximum atomic E-state index is 12.6. The summed E-state index contributed by atoms with van der Waals surface area (Å²) >= 11 is 0. The van der Waals surface area contributed by atoms with E-state index in [0.717, 1.165) is 16.9 Å². The van der Waals surface area contributed by atoms with E-state index in [1.54, 1.807) is 24.2 Å². The molecule has 0 radical (unpaired) electrons. The average Bonchev–Trinajstić information content (AvgIpc) is 3.22. The van der Waals surface area contributed by atoms with Gasteiger partial charge in [-0.15, -0.1) is 0 Å². The second-order valence-electron chi connectivity index (χ2n) is 6.18. The smallest absolute Gasteiger partial charge is 0.288 e. The van der Waals surface area contributed by atoms with Gasteiger partial charge >= 0.3 is 0 Å². The number of benzene rings is 1. The van der Waals surface area contributed by atoms with Gasteiger partial charge in [0, 0.05) is 23.5 Å². The number of aromatic amines is 1. The molecule has 138 valence electrons. The third-order valence-electron chi connectivity index (χ3n) is 4.63. The maximum Gasteiger partial charge on any atom is 0.288 e.